The van der Waals surface area contributed by atoms with Gasteiger partial charge in [0.1, 0.15) is 0 Å². The number of pyridine rings is 3. The van der Waals surface area contributed by atoms with E-state index in [0.29, 0.717) is 5.65 Å². The molecule has 0 unspecified atom stereocenters. The second-order valence-electron chi connectivity index (χ2n) is 7.13. The summed E-state index contributed by atoms with van der Waals surface area (Å²) in [4.78, 5) is 21.1. The highest BCUT2D eigenvalue weighted by atomic mass is 15.2. The minimum atomic E-state index is 0.659. The third kappa shape index (κ3) is 2.58. The van der Waals surface area contributed by atoms with Crippen LogP contribution in [-0.2, 0) is 0 Å². The lowest BCUT2D eigenvalue weighted by Crippen LogP contribution is -1.91. The Morgan fingerprint density at radius 3 is 2.77 bits per heavy atom. The Kier molecular flexibility index (Phi) is 3.51. The molecule has 0 saturated carbocycles. The van der Waals surface area contributed by atoms with E-state index in [1.165, 1.54) is 0 Å². The lowest BCUT2D eigenvalue weighted by atomic mass is 10.1. The monoisotopic (exact) mass is 392 g/mol. The van der Waals surface area contributed by atoms with E-state index in [1.54, 1.807) is 18.7 Å². The molecule has 0 amide bonds. The molecule has 0 aliphatic rings. The number of hydrogen-bond donors (Lipinski definition) is 2. The van der Waals surface area contributed by atoms with Crippen molar-refractivity contribution >= 4 is 21.9 Å². The van der Waals surface area contributed by atoms with Gasteiger partial charge in [-0.25, -0.2) is 9.97 Å². The SMILES string of the molecule is Cc1cn(-c2cncc3[nH]c(-c4[nH]nc5ncc(-c6ccccn6)cc45)cc23)cn1. The van der Waals surface area contributed by atoms with Crippen LogP contribution >= 0.6 is 0 Å². The molecule has 0 aliphatic carbocycles. The van der Waals surface area contributed by atoms with Crippen LogP contribution in [0.15, 0.2) is 67.6 Å². The van der Waals surface area contributed by atoms with Crippen molar-refractivity contribution in [2.45, 2.75) is 6.92 Å². The summed E-state index contributed by atoms with van der Waals surface area (Å²) in [6, 6.07) is 10.00. The van der Waals surface area contributed by atoms with Crippen LogP contribution in [-0.4, -0.2) is 39.7 Å². The van der Waals surface area contributed by atoms with Gasteiger partial charge in [0.15, 0.2) is 5.65 Å². The molecule has 30 heavy (non-hydrogen) atoms. The zero-order valence-electron chi connectivity index (χ0n) is 16.0. The van der Waals surface area contributed by atoms with Gasteiger partial charge < -0.3 is 9.55 Å². The fraction of sp³-hybridized carbons (Fsp3) is 0.0455. The number of rotatable bonds is 3. The normalized spacial score (nSPS) is 11.5. The maximum atomic E-state index is 4.50. The van der Waals surface area contributed by atoms with E-state index in [4.69, 9.17) is 0 Å². The number of fused-ring (bicyclic) bond motifs is 2. The number of aromatic nitrogens is 8. The zero-order valence-corrected chi connectivity index (χ0v) is 16.0. The van der Waals surface area contributed by atoms with E-state index in [0.717, 1.165) is 50.3 Å². The smallest absolute Gasteiger partial charge is 0.181 e. The first-order chi connectivity index (χ1) is 14.8. The number of aromatic amines is 2. The highest BCUT2D eigenvalue weighted by Gasteiger charge is 2.15. The van der Waals surface area contributed by atoms with Crippen molar-refractivity contribution in [3.05, 3.63) is 73.3 Å². The molecule has 6 heterocycles. The minimum Gasteiger partial charge on any atom is -0.352 e. The largest absolute Gasteiger partial charge is 0.352 e. The zero-order chi connectivity index (χ0) is 20.1. The van der Waals surface area contributed by atoms with Crippen molar-refractivity contribution in [1.29, 1.82) is 0 Å². The lowest BCUT2D eigenvalue weighted by Gasteiger charge is -2.02. The molecule has 0 atom stereocenters. The van der Waals surface area contributed by atoms with Crippen LogP contribution in [0.2, 0.25) is 0 Å². The van der Waals surface area contributed by atoms with Gasteiger partial charge in [0.05, 0.1) is 52.7 Å². The lowest BCUT2D eigenvalue weighted by molar-refractivity contribution is 1.05. The van der Waals surface area contributed by atoms with E-state index in [1.807, 2.05) is 48.3 Å². The molecule has 0 saturated heterocycles. The molecule has 0 spiro atoms. The van der Waals surface area contributed by atoms with Gasteiger partial charge in [-0.2, -0.15) is 5.10 Å². The molecule has 6 aromatic heterocycles. The third-order valence-electron chi connectivity index (χ3n) is 5.15. The summed E-state index contributed by atoms with van der Waals surface area (Å²) >= 11 is 0. The molecular formula is C22H16N8. The van der Waals surface area contributed by atoms with Crippen molar-refractivity contribution < 1.29 is 0 Å². The predicted molar refractivity (Wildman–Crippen MR) is 114 cm³/mol. The maximum Gasteiger partial charge on any atom is 0.181 e. The van der Waals surface area contributed by atoms with E-state index >= 15 is 0 Å². The van der Waals surface area contributed by atoms with Gasteiger partial charge in [-0.1, -0.05) is 6.07 Å². The number of nitrogens with one attached hydrogen (secondary N) is 2. The fourth-order valence-electron chi connectivity index (χ4n) is 3.71. The Hall–Kier alpha value is -4.33. The molecule has 0 aromatic carbocycles. The molecule has 0 bridgehead atoms. The van der Waals surface area contributed by atoms with Crippen LogP contribution in [0.5, 0.6) is 0 Å². The van der Waals surface area contributed by atoms with Crippen molar-refractivity contribution in [3.8, 4) is 28.3 Å². The molecule has 6 rings (SSSR count). The summed E-state index contributed by atoms with van der Waals surface area (Å²) in [7, 11) is 0. The molecule has 8 heteroatoms. The molecule has 0 fully saturated rings. The average Bonchev–Trinajstić information content (AvgIpc) is 3.51. The highest BCUT2D eigenvalue weighted by molar-refractivity contribution is 5.97. The number of imidazole rings is 1. The van der Waals surface area contributed by atoms with Crippen LogP contribution in [0, 0.1) is 6.92 Å². The second kappa shape index (κ2) is 6.35. The van der Waals surface area contributed by atoms with Gasteiger partial charge in [0.25, 0.3) is 0 Å². The average molecular weight is 392 g/mol. The summed E-state index contributed by atoms with van der Waals surface area (Å²) in [5.74, 6) is 0. The van der Waals surface area contributed by atoms with Crippen LogP contribution in [0.25, 0.3) is 50.3 Å². The van der Waals surface area contributed by atoms with Gasteiger partial charge >= 0.3 is 0 Å². The first kappa shape index (κ1) is 16.6. The summed E-state index contributed by atoms with van der Waals surface area (Å²) in [5.41, 5.74) is 7.12. The van der Waals surface area contributed by atoms with Crippen molar-refractivity contribution in [3.63, 3.8) is 0 Å². The van der Waals surface area contributed by atoms with Gasteiger partial charge in [0, 0.05) is 34.9 Å². The van der Waals surface area contributed by atoms with E-state index < -0.39 is 0 Å². The van der Waals surface area contributed by atoms with E-state index in [9.17, 15) is 0 Å². The Bertz CT molecular complexity index is 1510. The Labute approximate surface area is 170 Å². The third-order valence-corrected chi connectivity index (χ3v) is 5.15. The van der Waals surface area contributed by atoms with Gasteiger partial charge in [-0.3, -0.25) is 15.1 Å². The van der Waals surface area contributed by atoms with Gasteiger partial charge in [-0.05, 0) is 31.2 Å². The van der Waals surface area contributed by atoms with Crippen LogP contribution < -0.4 is 0 Å². The Morgan fingerprint density at radius 2 is 1.93 bits per heavy atom. The minimum absolute atomic E-state index is 0.659. The molecule has 144 valence electrons. The van der Waals surface area contributed by atoms with Crippen molar-refractivity contribution in [2.24, 2.45) is 0 Å². The van der Waals surface area contributed by atoms with Crippen LogP contribution in [0.4, 0.5) is 0 Å². The molecule has 0 radical (unpaired) electrons. The summed E-state index contributed by atoms with van der Waals surface area (Å²) < 4.78 is 1.98. The first-order valence-electron chi connectivity index (χ1n) is 9.50. The Morgan fingerprint density at radius 1 is 0.967 bits per heavy atom. The molecule has 8 nitrogen and oxygen atoms in total. The second-order valence-corrected chi connectivity index (χ2v) is 7.13. The van der Waals surface area contributed by atoms with Crippen LogP contribution in [0.3, 0.4) is 0 Å². The number of nitrogens with zero attached hydrogens (tertiary/aromatic N) is 6. The van der Waals surface area contributed by atoms with Crippen molar-refractivity contribution in [1.82, 2.24) is 39.7 Å². The van der Waals surface area contributed by atoms with Gasteiger partial charge in [-0.15, -0.1) is 0 Å². The standard InChI is InChI=1S/C22H16N8/c1-13-11-30(12-26-13)20-10-23-9-19-15(20)7-18(27-19)21-16-6-14(8-25-22(16)29-28-21)17-4-2-3-5-24-17/h2-12,27H,1H3,(H,25,28,29). The summed E-state index contributed by atoms with van der Waals surface area (Å²) in [6.45, 7) is 1.97. The van der Waals surface area contributed by atoms with Gasteiger partial charge in [0.2, 0.25) is 0 Å². The van der Waals surface area contributed by atoms with Crippen LogP contribution in [0.1, 0.15) is 5.69 Å². The van der Waals surface area contributed by atoms with Crippen molar-refractivity contribution in [2.75, 3.05) is 0 Å². The Balaban J connectivity index is 1.52. The molecule has 2 N–H and O–H groups in total. The number of hydrogen-bond acceptors (Lipinski definition) is 5. The molecule has 0 aliphatic heterocycles. The fourth-order valence-corrected chi connectivity index (χ4v) is 3.71. The van der Waals surface area contributed by atoms with E-state index in [-0.39, 0.29) is 0 Å². The van der Waals surface area contributed by atoms with E-state index in [2.05, 4.69) is 47.2 Å². The highest BCUT2D eigenvalue weighted by Crippen LogP contribution is 2.32. The quantitative estimate of drug-likeness (QED) is 0.473. The number of aryl methyl sites for hydroxylation is 1. The molecule has 6 aromatic rings. The maximum absolute atomic E-state index is 4.50. The number of H-pyrrole nitrogens is 2. The summed E-state index contributed by atoms with van der Waals surface area (Å²) in [6.07, 6.45) is 11.0. The molecular weight excluding hydrogens is 376 g/mol. The predicted octanol–water partition coefficient (Wildman–Crippen LogP) is 4.06. The first-order valence-corrected chi connectivity index (χ1v) is 9.50. The summed E-state index contributed by atoms with van der Waals surface area (Å²) in [5, 5.41) is 9.48. The topological polar surface area (TPSA) is 101 Å².